The highest BCUT2D eigenvalue weighted by molar-refractivity contribution is 5.44. The maximum atomic E-state index is 9.80. The number of phenols is 2. The third-order valence-electron chi connectivity index (χ3n) is 3.19. The molecule has 0 fully saturated rings. The first-order valence-corrected chi connectivity index (χ1v) is 5.70. The van der Waals surface area contributed by atoms with Gasteiger partial charge in [-0.05, 0) is 33.0 Å². The minimum Gasteiger partial charge on any atom is -0.507 e. The number of ether oxygens (including phenoxy) is 1. The molecule has 4 heteroatoms. The Bertz CT molecular complexity index is 347. The lowest BCUT2D eigenvalue weighted by atomic mass is 10.0. The molecule has 2 atom stereocenters. The normalized spacial score (nSPS) is 14.9. The minimum absolute atomic E-state index is 0.0821. The Morgan fingerprint density at radius 1 is 1.24 bits per heavy atom. The number of likely N-dealkylation sites (N-methyl/N-ethyl adjacent to an activating group) is 1. The topological polar surface area (TPSA) is 52.9 Å². The predicted octanol–water partition coefficient (Wildman–Crippen LogP) is 2.13. The van der Waals surface area contributed by atoms with E-state index in [1.54, 1.807) is 25.3 Å². The van der Waals surface area contributed by atoms with Crippen molar-refractivity contribution in [3.63, 3.8) is 0 Å². The maximum absolute atomic E-state index is 9.80. The van der Waals surface area contributed by atoms with Gasteiger partial charge in [-0.2, -0.15) is 0 Å². The average Bonchev–Trinajstić information content (AvgIpc) is 2.27. The molecule has 0 aliphatic carbocycles. The fourth-order valence-electron chi connectivity index (χ4n) is 1.91. The molecule has 0 radical (unpaired) electrons. The molecule has 2 unspecified atom stereocenters. The summed E-state index contributed by atoms with van der Waals surface area (Å²) in [6, 6.07) is 4.91. The van der Waals surface area contributed by atoms with Crippen molar-refractivity contribution in [3.8, 4) is 11.5 Å². The molecule has 1 aromatic rings. The van der Waals surface area contributed by atoms with Gasteiger partial charge in [0, 0.05) is 19.2 Å². The zero-order chi connectivity index (χ0) is 13.0. The van der Waals surface area contributed by atoms with Gasteiger partial charge in [-0.15, -0.1) is 0 Å². The van der Waals surface area contributed by atoms with E-state index in [1.165, 1.54) is 0 Å². The second kappa shape index (κ2) is 5.89. The summed E-state index contributed by atoms with van der Waals surface area (Å²) >= 11 is 0. The van der Waals surface area contributed by atoms with E-state index in [0.29, 0.717) is 12.2 Å². The Labute approximate surface area is 102 Å². The molecule has 0 bridgehead atoms. The van der Waals surface area contributed by atoms with Crippen molar-refractivity contribution in [3.05, 3.63) is 23.8 Å². The largest absolute Gasteiger partial charge is 0.507 e. The quantitative estimate of drug-likeness (QED) is 0.826. The first-order valence-electron chi connectivity index (χ1n) is 5.70. The van der Waals surface area contributed by atoms with Crippen molar-refractivity contribution in [2.24, 2.45) is 0 Å². The van der Waals surface area contributed by atoms with Crippen molar-refractivity contribution in [1.82, 2.24) is 4.90 Å². The third kappa shape index (κ3) is 3.11. The average molecular weight is 239 g/mol. The van der Waals surface area contributed by atoms with Crippen molar-refractivity contribution >= 4 is 0 Å². The van der Waals surface area contributed by atoms with Crippen LogP contribution in [0, 0.1) is 0 Å². The number of hydrogen-bond donors (Lipinski definition) is 2. The highest BCUT2D eigenvalue weighted by atomic mass is 16.5. The molecule has 2 N–H and O–H groups in total. The minimum atomic E-state index is -0.0821. The van der Waals surface area contributed by atoms with Crippen LogP contribution in [0.3, 0.4) is 0 Å². The fourth-order valence-corrected chi connectivity index (χ4v) is 1.91. The van der Waals surface area contributed by atoms with Crippen LogP contribution in [0.2, 0.25) is 0 Å². The monoisotopic (exact) mass is 239 g/mol. The number of methoxy groups -OCH3 is 1. The van der Waals surface area contributed by atoms with E-state index in [1.807, 2.05) is 20.9 Å². The second-order valence-electron chi connectivity index (χ2n) is 4.36. The van der Waals surface area contributed by atoms with E-state index in [-0.39, 0.29) is 23.6 Å². The van der Waals surface area contributed by atoms with Crippen molar-refractivity contribution in [2.45, 2.75) is 25.9 Å². The number of aromatic hydroxyl groups is 2. The predicted molar refractivity (Wildman–Crippen MR) is 67.3 cm³/mol. The molecule has 0 aromatic heterocycles. The van der Waals surface area contributed by atoms with Gasteiger partial charge >= 0.3 is 0 Å². The zero-order valence-electron chi connectivity index (χ0n) is 10.8. The van der Waals surface area contributed by atoms with Gasteiger partial charge in [-0.25, -0.2) is 0 Å². The second-order valence-corrected chi connectivity index (χ2v) is 4.36. The van der Waals surface area contributed by atoms with Gasteiger partial charge in [0.15, 0.2) is 0 Å². The standard InChI is InChI=1S/C13H21NO3/c1-9(8-17-4)14(3)10(2)13-11(15)6-5-7-12(13)16/h5-7,9-10,15-16H,8H2,1-4H3. The van der Waals surface area contributed by atoms with Gasteiger partial charge in [0.2, 0.25) is 0 Å². The summed E-state index contributed by atoms with van der Waals surface area (Å²) in [6.45, 7) is 4.59. The Morgan fingerprint density at radius 3 is 2.24 bits per heavy atom. The molecule has 1 rings (SSSR count). The van der Waals surface area contributed by atoms with E-state index in [0.717, 1.165) is 0 Å². The number of nitrogens with zero attached hydrogens (tertiary/aromatic N) is 1. The highest BCUT2D eigenvalue weighted by Crippen LogP contribution is 2.35. The van der Waals surface area contributed by atoms with Crippen molar-refractivity contribution in [1.29, 1.82) is 0 Å². The fraction of sp³-hybridized carbons (Fsp3) is 0.538. The van der Waals surface area contributed by atoms with Gasteiger partial charge in [-0.3, -0.25) is 4.90 Å². The molecule has 0 saturated carbocycles. The molecular formula is C13H21NO3. The van der Waals surface area contributed by atoms with Crippen LogP contribution in [-0.4, -0.2) is 41.9 Å². The van der Waals surface area contributed by atoms with E-state index in [9.17, 15) is 10.2 Å². The SMILES string of the molecule is COCC(C)N(C)C(C)c1c(O)cccc1O. The van der Waals surface area contributed by atoms with Crippen LogP contribution in [0.15, 0.2) is 18.2 Å². The summed E-state index contributed by atoms with van der Waals surface area (Å²) in [5.74, 6) is 0.239. The van der Waals surface area contributed by atoms with Crippen LogP contribution < -0.4 is 0 Å². The highest BCUT2D eigenvalue weighted by Gasteiger charge is 2.22. The molecule has 0 spiro atoms. The lowest BCUT2D eigenvalue weighted by Gasteiger charge is -2.31. The Kier molecular flexibility index (Phi) is 4.78. The molecular weight excluding hydrogens is 218 g/mol. The molecule has 0 amide bonds. The summed E-state index contributed by atoms with van der Waals surface area (Å²) < 4.78 is 5.10. The summed E-state index contributed by atoms with van der Waals surface area (Å²) in [4.78, 5) is 2.05. The van der Waals surface area contributed by atoms with Gasteiger partial charge in [-0.1, -0.05) is 6.07 Å². The maximum Gasteiger partial charge on any atom is 0.124 e. The van der Waals surface area contributed by atoms with Crippen LogP contribution in [0.4, 0.5) is 0 Å². The lowest BCUT2D eigenvalue weighted by Crippen LogP contribution is -2.34. The van der Waals surface area contributed by atoms with E-state index in [4.69, 9.17) is 4.74 Å². The van der Waals surface area contributed by atoms with Gasteiger partial charge in [0.25, 0.3) is 0 Å². The van der Waals surface area contributed by atoms with Crippen LogP contribution in [-0.2, 0) is 4.74 Å². The molecule has 1 aromatic carbocycles. The van der Waals surface area contributed by atoms with Gasteiger partial charge in [0.05, 0.1) is 12.2 Å². The summed E-state index contributed by atoms with van der Waals surface area (Å²) in [5.41, 5.74) is 0.554. The van der Waals surface area contributed by atoms with Gasteiger partial charge < -0.3 is 14.9 Å². The van der Waals surface area contributed by atoms with E-state index >= 15 is 0 Å². The van der Waals surface area contributed by atoms with Crippen molar-refractivity contribution < 1.29 is 14.9 Å². The Hall–Kier alpha value is -1.26. The van der Waals surface area contributed by atoms with Crippen LogP contribution in [0.5, 0.6) is 11.5 Å². The molecule has 0 heterocycles. The van der Waals surface area contributed by atoms with Crippen LogP contribution in [0.1, 0.15) is 25.5 Å². The number of rotatable bonds is 5. The Balaban J connectivity index is 2.92. The lowest BCUT2D eigenvalue weighted by molar-refractivity contribution is 0.0924. The molecule has 17 heavy (non-hydrogen) atoms. The number of benzene rings is 1. The number of hydrogen-bond acceptors (Lipinski definition) is 4. The van der Waals surface area contributed by atoms with E-state index < -0.39 is 0 Å². The summed E-state index contributed by atoms with van der Waals surface area (Å²) in [7, 11) is 3.60. The first-order chi connectivity index (χ1) is 7.99. The zero-order valence-corrected chi connectivity index (χ0v) is 10.8. The van der Waals surface area contributed by atoms with E-state index in [2.05, 4.69) is 4.90 Å². The number of phenolic OH excluding ortho intramolecular Hbond substituents is 2. The van der Waals surface area contributed by atoms with Crippen LogP contribution >= 0.6 is 0 Å². The summed E-state index contributed by atoms with van der Waals surface area (Å²) in [5, 5.41) is 19.6. The molecule has 0 aliphatic heterocycles. The molecule has 0 aliphatic rings. The molecule has 96 valence electrons. The van der Waals surface area contributed by atoms with Crippen LogP contribution in [0.25, 0.3) is 0 Å². The first kappa shape index (κ1) is 13.8. The third-order valence-corrected chi connectivity index (χ3v) is 3.19. The van der Waals surface area contributed by atoms with Crippen molar-refractivity contribution in [2.75, 3.05) is 20.8 Å². The summed E-state index contributed by atoms with van der Waals surface area (Å²) in [6.07, 6.45) is 0. The molecule has 0 saturated heterocycles. The van der Waals surface area contributed by atoms with Gasteiger partial charge in [0.1, 0.15) is 11.5 Å². The Morgan fingerprint density at radius 2 is 1.76 bits per heavy atom. The smallest absolute Gasteiger partial charge is 0.124 e. The molecule has 4 nitrogen and oxygen atoms in total.